The summed E-state index contributed by atoms with van der Waals surface area (Å²) in [6.45, 7) is 2.70. The molecule has 0 amide bonds. The maximum Gasteiger partial charge on any atom is 0.0951 e. The van der Waals surface area contributed by atoms with Gasteiger partial charge in [0, 0.05) is 37.4 Å². The summed E-state index contributed by atoms with van der Waals surface area (Å²) in [5.74, 6) is 0.314. The molecule has 1 aliphatic heterocycles. The summed E-state index contributed by atoms with van der Waals surface area (Å²) in [4.78, 5) is 2.63. The van der Waals surface area contributed by atoms with Crippen molar-refractivity contribution < 1.29 is 5.11 Å². The van der Waals surface area contributed by atoms with Crippen molar-refractivity contribution in [2.24, 2.45) is 5.92 Å². The summed E-state index contributed by atoms with van der Waals surface area (Å²) in [7, 11) is 0. The Kier molecular flexibility index (Phi) is 5.45. The molecule has 156 valence electrons. The fraction of sp³-hybridized carbons (Fsp3) is 0.423. The van der Waals surface area contributed by atoms with Gasteiger partial charge in [-0.2, -0.15) is 5.10 Å². The molecular weight excluding hydrogens is 370 g/mol. The lowest BCUT2D eigenvalue weighted by Crippen LogP contribution is -2.57. The molecule has 1 saturated heterocycles. The normalized spacial score (nSPS) is 27.0. The number of piperidine rings is 1. The van der Waals surface area contributed by atoms with Crippen LogP contribution in [0.4, 0.5) is 0 Å². The second-order valence-corrected chi connectivity index (χ2v) is 8.99. The molecule has 4 nitrogen and oxygen atoms in total. The summed E-state index contributed by atoms with van der Waals surface area (Å²) in [5.41, 5.74) is 3.05. The van der Waals surface area contributed by atoms with Crippen molar-refractivity contribution in [2.45, 2.75) is 56.8 Å². The first-order valence-corrected chi connectivity index (χ1v) is 11.3. The molecule has 5 rings (SSSR count). The monoisotopic (exact) mass is 401 g/mol. The van der Waals surface area contributed by atoms with E-state index in [2.05, 4.69) is 58.5 Å². The van der Waals surface area contributed by atoms with Crippen LogP contribution in [0.15, 0.2) is 73.1 Å². The van der Waals surface area contributed by atoms with Crippen LogP contribution in [-0.4, -0.2) is 32.4 Å². The van der Waals surface area contributed by atoms with Gasteiger partial charge in [-0.05, 0) is 42.0 Å². The first-order chi connectivity index (χ1) is 14.7. The Labute approximate surface area is 179 Å². The molecule has 1 aliphatic carbocycles. The van der Waals surface area contributed by atoms with Gasteiger partial charge in [-0.1, -0.05) is 67.4 Å². The van der Waals surface area contributed by atoms with Gasteiger partial charge in [0.2, 0.25) is 0 Å². The molecule has 1 N–H and O–H groups in total. The van der Waals surface area contributed by atoms with E-state index in [0.29, 0.717) is 12.0 Å². The van der Waals surface area contributed by atoms with Crippen LogP contribution in [0.2, 0.25) is 0 Å². The van der Waals surface area contributed by atoms with Crippen LogP contribution in [0.1, 0.15) is 48.8 Å². The van der Waals surface area contributed by atoms with Crippen LogP contribution in [0.25, 0.3) is 0 Å². The largest absolute Gasteiger partial charge is 0.385 e. The van der Waals surface area contributed by atoms with E-state index in [1.54, 1.807) is 0 Å². The summed E-state index contributed by atoms with van der Waals surface area (Å²) in [6.07, 6.45) is 9.44. The van der Waals surface area contributed by atoms with Gasteiger partial charge in [-0.15, -0.1) is 0 Å². The standard InChI is InChI=1S/C26H31N3O/c30-26(23-10-2-1-3-11-23)14-17-28(25-13-5-4-12-24(25)26)19-21-8-6-9-22(18-21)20-29-16-7-15-27-29/h1-3,6-11,15-16,18,24-25,30H,4-5,12-14,17,19-20H2/t24-,25+,26+/m0/s1. The molecule has 1 saturated carbocycles. The van der Waals surface area contributed by atoms with E-state index < -0.39 is 5.60 Å². The van der Waals surface area contributed by atoms with Gasteiger partial charge in [0.25, 0.3) is 0 Å². The highest BCUT2D eigenvalue weighted by atomic mass is 16.3. The highest BCUT2D eigenvalue weighted by molar-refractivity contribution is 5.27. The van der Waals surface area contributed by atoms with Crippen LogP contribution in [-0.2, 0) is 18.7 Å². The number of fused-ring (bicyclic) bond motifs is 1. The second kappa shape index (κ2) is 8.37. The van der Waals surface area contributed by atoms with Crippen molar-refractivity contribution in [1.82, 2.24) is 14.7 Å². The van der Waals surface area contributed by atoms with Crippen LogP contribution in [0.3, 0.4) is 0 Å². The Morgan fingerprint density at radius 1 is 0.933 bits per heavy atom. The molecule has 0 spiro atoms. The number of hydrogen-bond acceptors (Lipinski definition) is 3. The van der Waals surface area contributed by atoms with Gasteiger partial charge in [-0.25, -0.2) is 0 Å². The van der Waals surface area contributed by atoms with E-state index in [0.717, 1.165) is 38.0 Å². The predicted molar refractivity (Wildman–Crippen MR) is 119 cm³/mol. The molecule has 4 heteroatoms. The number of rotatable bonds is 5. The van der Waals surface area contributed by atoms with E-state index >= 15 is 0 Å². The fourth-order valence-corrected chi connectivity index (χ4v) is 5.69. The van der Waals surface area contributed by atoms with Crippen molar-refractivity contribution in [2.75, 3.05) is 6.54 Å². The third-order valence-electron chi connectivity index (χ3n) is 7.15. The quantitative estimate of drug-likeness (QED) is 0.680. The second-order valence-electron chi connectivity index (χ2n) is 8.99. The smallest absolute Gasteiger partial charge is 0.0951 e. The van der Waals surface area contributed by atoms with Crippen molar-refractivity contribution in [3.63, 3.8) is 0 Å². The molecule has 3 aromatic rings. The van der Waals surface area contributed by atoms with Crippen LogP contribution in [0.5, 0.6) is 0 Å². The molecule has 1 aromatic heterocycles. The number of likely N-dealkylation sites (tertiary alicyclic amines) is 1. The topological polar surface area (TPSA) is 41.3 Å². The highest BCUT2D eigenvalue weighted by Crippen LogP contribution is 2.47. The lowest BCUT2D eigenvalue weighted by molar-refractivity contribution is -0.123. The number of aromatic nitrogens is 2. The Balaban J connectivity index is 1.35. The van der Waals surface area contributed by atoms with Crippen molar-refractivity contribution in [3.8, 4) is 0 Å². The molecule has 0 bridgehead atoms. The van der Waals surface area contributed by atoms with Crippen molar-refractivity contribution in [1.29, 1.82) is 0 Å². The Hall–Kier alpha value is -2.43. The first-order valence-electron chi connectivity index (χ1n) is 11.3. The zero-order valence-corrected chi connectivity index (χ0v) is 17.5. The molecule has 2 heterocycles. The van der Waals surface area contributed by atoms with E-state index in [1.807, 2.05) is 29.2 Å². The zero-order chi connectivity index (χ0) is 20.4. The van der Waals surface area contributed by atoms with E-state index in [9.17, 15) is 5.11 Å². The Bertz CT molecular complexity index is 955. The van der Waals surface area contributed by atoms with E-state index in [4.69, 9.17) is 0 Å². The van der Waals surface area contributed by atoms with E-state index in [1.165, 1.54) is 30.4 Å². The minimum absolute atomic E-state index is 0.314. The van der Waals surface area contributed by atoms with Crippen LogP contribution in [0, 0.1) is 5.92 Å². The van der Waals surface area contributed by atoms with Gasteiger partial charge < -0.3 is 5.11 Å². The zero-order valence-electron chi connectivity index (χ0n) is 17.5. The minimum atomic E-state index is -0.690. The molecule has 30 heavy (non-hydrogen) atoms. The van der Waals surface area contributed by atoms with Crippen molar-refractivity contribution in [3.05, 3.63) is 89.7 Å². The molecular formula is C26H31N3O. The summed E-state index contributed by atoms with van der Waals surface area (Å²) in [6, 6.07) is 21.7. The molecule has 0 unspecified atom stereocenters. The number of nitrogens with zero attached hydrogens (tertiary/aromatic N) is 3. The SMILES string of the molecule is O[C@@]1(c2ccccc2)CCN(Cc2cccc(Cn3cccn3)c2)[C@@H]2CCCC[C@@H]21. The fourth-order valence-electron chi connectivity index (χ4n) is 5.69. The van der Waals surface area contributed by atoms with Crippen molar-refractivity contribution >= 4 is 0 Å². The lowest BCUT2D eigenvalue weighted by Gasteiger charge is -2.52. The third-order valence-corrected chi connectivity index (χ3v) is 7.15. The molecule has 2 fully saturated rings. The minimum Gasteiger partial charge on any atom is -0.385 e. The van der Waals surface area contributed by atoms with Gasteiger partial charge in [0.1, 0.15) is 0 Å². The van der Waals surface area contributed by atoms with E-state index in [-0.39, 0.29) is 0 Å². The molecule has 3 atom stereocenters. The van der Waals surface area contributed by atoms with Crippen LogP contribution < -0.4 is 0 Å². The summed E-state index contributed by atoms with van der Waals surface area (Å²) in [5, 5.41) is 16.1. The Morgan fingerprint density at radius 3 is 2.53 bits per heavy atom. The predicted octanol–water partition coefficient (Wildman–Crippen LogP) is 4.58. The number of benzene rings is 2. The average molecular weight is 402 g/mol. The summed E-state index contributed by atoms with van der Waals surface area (Å²) >= 11 is 0. The maximum absolute atomic E-state index is 11.8. The molecule has 0 radical (unpaired) electrons. The first kappa shape index (κ1) is 19.5. The van der Waals surface area contributed by atoms with Gasteiger partial charge >= 0.3 is 0 Å². The average Bonchev–Trinajstić information content (AvgIpc) is 3.30. The third kappa shape index (κ3) is 3.82. The highest BCUT2D eigenvalue weighted by Gasteiger charge is 2.48. The lowest BCUT2D eigenvalue weighted by atomic mass is 9.66. The molecule has 2 aromatic carbocycles. The molecule has 2 aliphatic rings. The number of hydrogen-bond donors (Lipinski definition) is 1. The van der Waals surface area contributed by atoms with Gasteiger partial charge in [0.05, 0.1) is 12.1 Å². The Morgan fingerprint density at radius 2 is 1.73 bits per heavy atom. The maximum atomic E-state index is 11.8. The van der Waals surface area contributed by atoms with Gasteiger partial charge in [0.15, 0.2) is 0 Å². The number of aliphatic hydroxyl groups is 1. The van der Waals surface area contributed by atoms with Gasteiger partial charge in [-0.3, -0.25) is 9.58 Å². The van der Waals surface area contributed by atoms with Crippen LogP contribution >= 0.6 is 0 Å². The summed E-state index contributed by atoms with van der Waals surface area (Å²) < 4.78 is 1.97.